The van der Waals surface area contributed by atoms with E-state index in [0.29, 0.717) is 0 Å². The lowest BCUT2D eigenvalue weighted by Crippen LogP contribution is -2.27. The summed E-state index contributed by atoms with van der Waals surface area (Å²) in [5.74, 6) is -1.76. The monoisotopic (exact) mass is 302 g/mol. The first-order chi connectivity index (χ1) is 9.27. The van der Waals surface area contributed by atoms with Crippen LogP contribution in [0.15, 0.2) is 23.1 Å². The van der Waals surface area contributed by atoms with E-state index in [1.165, 1.54) is 7.11 Å². The molecule has 0 aromatic heterocycles. The Labute approximate surface area is 115 Å². The summed E-state index contributed by atoms with van der Waals surface area (Å²) in [6, 6.07) is 3.28. The lowest BCUT2D eigenvalue weighted by molar-refractivity contribution is -0.140. The van der Waals surface area contributed by atoms with Crippen molar-refractivity contribution in [3.63, 3.8) is 0 Å². The van der Waals surface area contributed by atoms with Crippen molar-refractivity contribution in [1.82, 2.24) is 4.72 Å². The number of carbonyl (C=O) groups is 2. The van der Waals surface area contributed by atoms with E-state index in [1.54, 1.807) is 0 Å². The minimum absolute atomic E-state index is 0.115. The fourth-order valence-corrected chi connectivity index (χ4v) is 2.54. The molecule has 1 rings (SSSR count). The minimum atomic E-state index is -3.91. The van der Waals surface area contributed by atoms with E-state index in [-0.39, 0.29) is 29.1 Å². The topological polar surface area (TPSA) is 136 Å². The zero-order valence-electron chi connectivity index (χ0n) is 10.6. The number of nitrogens with one attached hydrogen (secondary N) is 1. The van der Waals surface area contributed by atoms with Gasteiger partial charge in [0.1, 0.15) is 4.90 Å². The lowest BCUT2D eigenvalue weighted by atomic mass is 10.2. The SMILES string of the molecule is COC(=O)CCNS(=O)(=O)c1ccc(C(=O)O)cc1N. The van der Waals surface area contributed by atoms with Crippen LogP contribution in [-0.4, -0.2) is 39.1 Å². The Morgan fingerprint density at radius 3 is 2.55 bits per heavy atom. The molecule has 8 nitrogen and oxygen atoms in total. The van der Waals surface area contributed by atoms with Crippen molar-refractivity contribution in [3.05, 3.63) is 23.8 Å². The van der Waals surface area contributed by atoms with Crippen molar-refractivity contribution in [2.24, 2.45) is 0 Å². The normalized spacial score (nSPS) is 11.1. The molecule has 1 aromatic carbocycles. The molecular weight excluding hydrogens is 288 g/mol. The Morgan fingerprint density at radius 1 is 1.40 bits per heavy atom. The highest BCUT2D eigenvalue weighted by Gasteiger charge is 2.18. The Morgan fingerprint density at radius 2 is 2.05 bits per heavy atom. The third-order valence-corrected chi connectivity index (χ3v) is 3.93. The quantitative estimate of drug-likeness (QED) is 0.489. The van der Waals surface area contributed by atoms with Crippen LogP contribution in [0.3, 0.4) is 0 Å². The Hall–Kier alpha value is -2.13. The van der Waals surface area contributed by atoms with Crippen molar-refractivity contribution < 1.29 is 27.9 Å². The number of anilines is 1. The predicted octanol–water partition coefficient (Wildman–Crippen LogP) is -0.192. The average Bonchev–Trinajstić information content (AvgIpc) is 2.37. The van der Waals surface area contributed by atoms with Gasteiger partial charge >= 0.3 is 11.9 Å². The summed E-state index contributed by atoms with van der Waals surface area (Å²) in [5.41, 5.74) is 5.23. The summed E-state index contributed by atoms with van der Waals surface area (Å²) in [6.45, 7) is -0.144. The first kappa shape index (κ1) is 15.9. The Balaban J connectivity index is 2.87. The molecule has 1 aromatic rings. The van der Waals surface area contributed by atoms with Crippen molar-refractivity contribution in [3.8, 4) is 0 Å². The molecule has 0 amide bonds. The summed E-state index contributed by atoms with van der Waals surface area (Å²) in [4.78, 5) is 21.4. The number of ether oxygens (including phenoxy) is 1. The van der Waals surface area contributed by atoms with Crippen molar-refractivity contribution in [2.75, 3.05) is 19.4 Å². The average molecular weight is 302 g/mol. The smallest absolute Gasteiger partial charge is 0.335 e. The van der Waals surface area contributed by atoms with E-state index >= 15 is 0 Å². The number of carbonyl (C=O) groups excluding carboxylic acids is 1. The molecule has 0 unspecified atom stereocenters. The van der Waals surface area contributed by atoms with Gasteiger partial charge in [0.25, 0.3) is 0 Å². The second-order valence-electron chi connectivity index (χ2n) is 3.78. The minimum Gasteiger partial charge on any atom is -0.478 e. The maximum atomic E-state index is 11.9. The maximum absolute atomic E-state index is 11.9. The van der Waals surface area contributed by atoms with Crippen LogP contribution < -0.4 is 10.5 Å². The van der Waals surface area contributed by atoms with Gasteiger partial charge in [-0.3, -0.25) is 4.79 Å². The van der Waals surface area contributed by atoms with Gasteiger partial charge < -0.3 is 15.6 Å². The highest BCUT2D eigenvalue weighted by atomic mass is 32.2. The van der Waals surface area contributed by atoms with E-state index in [4.69, 9.17) is 10.8 Å². The van der Waals surface area contributed by atoms with Crippen LogP contribution >= 0.6 is 0 Å². The van der Waals surface area contributed by atoms with Gasteiger partial charge in [-0.1, -0.05) is 0 Å². The molecule has 0 saturated carbocycles. The van der Waals surface area contributed by atoms with E-state index in [1.807, 2.05) is 0 Å². The number of esters is 1. The Bertz CT molecular complexity index is 626. The lowest BCUT2D eigenvalue weighted by Gasteiger charge is -2.09. The first-order valence-electron chi connectivity index (χ1n) is 5.47. The van der Waals surface area contributed by atoms with Crippen molar-refractivity contribution in [1.29, 1.82) is 0 Å². The molecule has 0 fully saturated rings. The molecule has 0 bridgehead atoms. The van der Waals surface area contributed by atoms with Crippen LogP contribution in [0.4, 0.5) is 5.69 Å². The van der Waals surface area contributed by atoms with E-state index in [0.717, 1.165) is 18.2 Å². The fourth-order valence-electron chi connectivity index (χ4n) is 1.39. The number of hydrogen-bond acceptors (Lipinski definition) is 6. The molecule has 0 aliphatic rings. The van der Waals surface area contributed by atoms with Gasteiger partial charge in [-0.15, -0.1) is 0 Å². The third kappa shape index (κ3) is 3.93. The van der Waals surface area contributed by atoms with Crippen molar-refractivity contribution in [2.45, 2.75) is 11.3 Å². The molecule has 0 atom stereocenters. The molecule has 0 saturated heterocycles. The fraction of sp³-hybridized carbons (Fsp3) is 0.273. The number of aromatic carboxylic acids is 1. The number of nitrogens with two attached hydrogens (primary N) is 1. The number of methoxy groups -OCH3 is 1. The number of hydrogen-bond donors (Lipinski definition) is 3. The van der Waals surface area contributed by atoms with Gasteiger partial charge in [-0.25, -0.2) is 17.9 Å². The highest BCUT2D eigenvalue weighted by Crippen LogP contribution is 2.19. The van der Waals surface area contributed by atoms with Gasteiger partial charge in [-0.05, 0) is 18.2 Å². The van der Waals surface area contributed by atoms with Gasteiger partial charge in [0.2, 0.25) is 10.0 Å². The molecule has 9 heteroatoms. The van der Waals surface area contributed by atoms with Crippen LogP contribution in [-0.2, 0) is 19.6 Å². The standard InChI is InChI=1S/C11H14N2O6S/c1-19-10(14)4-5-13-20(17,18)9-3-2-7(11(15)16)6-8(9)12/h2-3,6,13H,4-5,12H2,1H3,(H,15,16). The van der Waals surface area contributed by atoms with Crippen LogP contribution in [0, 0.1) is 0 Å². The second-order valence-corrected chi connectivity index (χ2v) is 5.52. The molecule has 20 heavy (non-hydrogen) atoms. The number of sulfonamides is 1. The zero-order chi connectivity index (χ0) is 15.3. The van der Waals surface area contributed by atoms with Crippen LogP contribution in [0.2, 0.25) is 0 Å². The predicted molar refractivity (Wildman–Crippen MR) is 69.6 cm³/mol. The van der Waals surface area contributed by atoms with E-state index in [9.17, 15) is 18.0 Å². The zero-order valence-corrected chi connectivity index (χ0v) is 11.4. The van der Waals surface area contributed by atoms with Gasteiger partial charge in [0.05, 0.1) is 24.8 Å². The maximum Gasteiger partial charge on any atom is 0.335 e. The van der Waals surface area contributed by atoms with Crippen molar-refractivity contribution >= 4 is 27.6 Å². The largest absolute Gasteiger partial charge is 0.478 e. The summed E-state index contributed by atoms with van der Waals surface area (Å²) in [6.07, 6.45) is -0.122. The molecule has 0 heterocycles. The summed E-state index contributed by atoms with van der Waals surface area (Å²) >= 11 is 0. The van der Waals surface area contributed by atoms with Crippen LogP contribution in [0.5, 0.6) is 0 Å². The van der Waals surface area contributed by atoms with Gasteiger partial charge in [0, 0.05) is 6.54 Å². The number of nitrogen functional groups attached to an aromatic ring is 1. The molecule has 110 valence electrons. The molecular formula is C11H14N2O6S. The number of carboxylic acids is 1. The van der Waals surface area contributed by atoms with E-state index < -0.39 is 22.0 Å². The van der Waals surface area contributed by atoms with Gasteiger partial charge in [-0.2, -0.15) is 0 Å². The number of rotatable bonds is 6. The Kier molecular flexibility index (Phi) is 5.06. The molecule has 4 N–H and O–H groups in total. The van der Waals surface area contributed by atoms with E-state index in [2.05, 4.69) is 9.46 Å². The third-order valence-electron chi connectivity index (χ3n) is 2.40. The van der Waals surface area contributed by atoms with Crippen LogP contribution in [0.1, 0.15) is 16.8 Å². The first-order valence-corrected chi connectivity index (χ1v) is 6.95. The highest BCUT2D eigenvalue weighted by molar-refractivity contribution is 7.89. The summed E-state index contributed by atoms with van der Waals surface area (Å²) in [7, 11) is -2.72. The second kappa shape index (κ2) is 6.35. The van der Waals surface area contributed by atoms with Gasteiger partial charge in [0.15, 0.2) is 0 Å². The number of carboxylic acid groups (broad SMARTS) is 1. The number of benzene rings is 1. The summed E-state index contributed by atoms with van der Waals surface area (Å²) < 4.78 is 30.4. The summed E-state index contributed by atoms with van der Waals surface area (Å²) in [5, 5.41) is 8.76. The molecule has 0 aliphatic heterocycles. The molecule has 0 spiro atoms. The van der Waals surface area contributed by atoms with Crippen LogP contribution in [0.25, 0.3) is 0 Å². The molecule has 0 aliphatic carbocycles. The molecule has 0 radical (unpaired) electrons.